The first-order valence-electron chi connectivity index (χ1n) is 4.93. The highest BCUT2D eigenvalue weighted by Crippen LogP contribution is 2.32. The number of phenols is 2. The summed E-state index contributed by atoms with van der Waals surface area (Å²) in [7, 11) is 0. The lowest BCUT2D eigenvalue weighted by atomic mass is 10.0. The van der Waals surface area contributed by atoms with E-state index < -0.39 is 0 Å². The molecule has 0 aliphatic carbocycles. The normalized spacial score (nSPS) is 10.1. The van der Waals surface area contributed by atoms with Gasteiger partial charge in [-0.05, 0) is 48.1 Å². The Morgan fingerprint density at radius 1 is 0.941 bits per heavy atom. The molecule has 2 rings (SSSR count). The average Bonchev–Trinajstić information content (AvgIpc) is 2.32. The van der Waals surface area contributed by atoms with E-state index in [-0.39, 0.29) is 16.5 Å². The SMILES string of the molecule is OC(=S)c1ccc(-c2cc(O)ccc2O)cc1. The summed E-state index contributed by atoms with van der Waals surface area (Å²) in [4.78, 5) is 0. The minimum absolute atomic E-state index is 0.0829. The number of thiocarbonyl (C=S) groups is 1. The quantitative estimate of drug-likeness (QED) is 0.563. The van der Waals surface area contributed by atoms with Crippen molar-refractivity contribution < 1.29 is 15.3 Å². The highest BCUT2D eigenvalue weighted by Gasteiger charge is 2.06. The fourth-order valence-corrected chi connectivity index (χ4v) is 1.68. The van der Waals surface area contributed by atoms with Crippen LogP contribution in [0.1, 0.15) is 5.56 Å². The third-order valence-electron chi connectivity index (χ3n) is 2.42. The largest absolute Gasteiger partial charge is 0.508 e. The Bertz CT molecular complexity index is 561. The van der Waals surface area contributed by atoms with Gasteiger partial charge in [-0.3, -0.25) is 0 Å². The maximum absolute atomic E-state index is 9.68. The molecule has 86 valence electrons. The molecular weight excluding hydrogens is 236 g/mol. The smallest absolute Gasteiger partial charge is 0.188 e. The predicted octanol–water partition coefficient (Wildman–Crippen LogP) is 3.00. The Morgan fingerprint density at radius 3 is 2.18 bits per heavy atom. The van der Waals surface area contributed by atoms with Crippen LogP contribution in [0.2, 0.25) is 0 Å². The maximum atomic E-state index is 9.68. The number of hydrogen-bond donors (Lipinski definition) is 3. The summed E-state index contributed by atoms with van der Waals surface area (Å²) < 4.78 is 0. The third kappa shape index (κ3) is 2.37. The van der Waals surface area contributed by atoms with Crippen LogP contribution in [0.25, 0.3) is 11.1 Å². The lowest BCUT2D eigenvalue weighted by molar-refractivity contribution is 0.462. The lowest BCUT2D eigenvalue weighted by Crippen LogP contribution is -1.93. The second-order valence-electron chi connectivity index (χ2n) is 3.58. The second kappa shape index (κ2) is 4.43. The Hall–Kier alpha value is -2.07. The first-order valence-corrected chi connectivity index (χ1v) is 5.34. The van der Waals surface area contributed by atoms with Crippen LogP contribution in [-0.4, -0.2) is 20.4 Å². The number of benzene rings is 2. The van der Waals surface area contributed by atoms with Gasteiger partial charge in [-0.25, -0.2) is 0 Å². The minimum Gasteiger partial charge on any atom is -0.508 e. The molecule has 17 heavy (non-hydrogen) atoms. The molecule has 0 atom stereocenters. The number of rotatable bonds is 2. The van der Waals surface area contributed by atoms with Crippen molar-refractivity contribution in [3.8, 4) is 22.6 Å². The summed E-state index contributed by atoms with van der Waals surface area (Å²) >= 11 is 4.63. The predicted molar refractivity (Wildman–Crippen MR) is 69.5 cm³/mol. The van der Waals surface area contributed by atoms with Crippen molar-refractivity contribution in [3.63, 3.8) is 0 Å². The zero-order valence-electron chi connectivity index (χ0n) is 8.79. The summed E-state index contributed by atoms with van der Waals surface area (Å²) in [6.45, 7) is 0. The molecule has 0 aliphatic heterocycles. The molecule has 3 nitrogen and oxygen atoms in total. The molecule has 4 heteroatoms. The molecule has 0 bridgehead atoms. The number of hydrogen-bond acceptors (Lipinski definition) is 3. The van der Waals surface area contributed by atoms with Crippen LogP contribution in [0, 0.1) is 0 Å². The maximum Gasteiger partial charge on any atom is 0.188 e. The van der Waals surface area contributed by atoms with E-state index in [4.69, 9.17) is 5.11 Å². The van der Waals surface area contributed by atoms with E-state index in [1.807, 2.05) is 0 Å². The molecule has 0 aliphatic rings. The summed E-state index contributed by atoms with van der Waals surface area (Å²) in [5.74, 6) is 0.168. The highest BCUT2D eigenvalue weighted by atomic mass is 32.1. The van der Waals surface area contributed by atoms with Gasteiger partial charge in [-0.15, -0.1) is 0 Å². The fourth-order valence-electron chi connectivity index (χ4n) is 1.55. The second-order valence-corrected chi connectivity index (χ2v) is 3.97. The van der Waals surface area contributed by atoms with Crippen LogP contribution in [0.3, 0.4) is 0 Å². The van der Waals surface area contributed by atoms with Crippen molar-refractivity contribution >= 4 is 17.3 Å². The van der Waals surface area contributed by atoms with Crippen molar-refractivity contribution in [2.24, 2.45) is 0 Å². The van der Waals surface area contributed by atoms with Crippen LogP contribution in [0.4, 0.5) is 0 Å². The molecule has 0 spiro atoms. The molecular formula is C13H10O3S. The Kier molecular flexibility index (Phi) is 2.97. The van der Waals surface area contributed by atoms with Gasteiger partial charge in [-0.2, -0.15) is 0 Å². The van der Waals surface area contributed by atoms with Crippen molar-refractivity contribution in [1.29, 1.82) is 0 Å². The Morgan fingerprint density at radius 2 is 1.59 bits per heavy atom. The fraction of sp³-hybridized carbons (Fsp3) is 0. The van der Waals surface area contributed by atoms with Crippen molar-refractivity contribution in [1.82, 2.24) is 0 Å². The molecule has 3 N–H and O–H groups in total. The molecule has 0 unspecified atom stereocenters. The molecule has 0 amide bonds. The van der Waals surface area contributed by atoms with Gasteiger partial charge in [-0.1, -0.05) is 12.1 Å². The van der Waals surface area contributed by atoms with E-state index in [1.165, 1.54) is 18.2 Å². The van der Waals surface area contributed by atoms with Crippen LogP contribution >= 0.6 is 12.2 Å². The van der Waals surface area contributed by atoms with Gasteiger partial charge in [0.15, 0.2) is 5.05 Å². The van der Waals surface area contributed by atoms with Gasteiger partial charge in [0.05, 0.1) is 0 Å². The molecule has 2 aromatic rings. The van der Waals surface area contributed by atoms with E-state index in [2.05, 4.69) is 12.2 Å². The topological polar surface area (TPSA) is 60.7 Å². The zero-order valence-corrected chi connectivity index (χ0v) is 9.61. The minimum atomic E-state index is -0.170. The summed E-state index contributed by atoms with van der Waals surface area (Å²) in [6, 6.07) is 11.0. The monoisotopic (exact) mass is 246 g/mol. The van der Waals surface area contributed by atoms with Gasteiger partial charge < -0.3 is 15.3 Å². The standard InChI is InChI=1S/C13H10O3S/c14-10-5-6-12(15)11(7-10)8-1-3-9(4-2-8)13(16)17/h1-7,14-15H,(H,16,17). The Balaban J connectivity index is 2.46. The zero-order chi connectivity index (χ0) is 12.4. The van der Waals surface area contributed by atoms with E-state index in [0.717, 1.165) is 5.56 Å². The van der Waals surface area contributed by atoms with Gasteiger partial charge in [0, 0.05) is 11.1 Å². The van der Waals surface area contributed by atoms with Crippen LogP contribution in [0.15, 0.2) is 42.5 Å². The van der Waals surface area contributed by atoms with Crippen LogP contribution in [-0.2, 0) is 0 Å². The van der Waals surface area contributed by atoms with E-state index in [1.54, 1.807) is 24.3 Å². The average molecular weight is 246 g/mol. The number of aromatic hydroxyl groups is 2. The van der Waals surface area contributed by atoms with Gasteiger partial charge >= 0.3 is 0 Å². The molecule has 0 radical (unpaired) electrons. The van der Waals surface area contributed by atoms with Crippen molar-refractivity contribution in [2.45, 2.75) is 0 Å². The molecule has 0 heterocycles. The van der Waals surface area contributed by atoms with E-state index in [9.17, 15) is 10.2 Å². The van der Waals surface area contributed by atoms with E-state index in [0.29, 0.717) is 11.1 Å². The highest BCUT2D eigenvalue weighted by molar-refractivity contribution is 7.80. The Labute approximate surface area is 104 Å². The molecule has 2 aromatic carbocycles. The first kappa shape index (κ1) is 11.4. The lowest BCUT2D eigenvalue weighted by Gasteiger charge is -2.06. The summed E-state index contributed by atoms with van der Waals surface area (Å²) in [5.41, 5.74) is 1.81. The van der Waals surface area contributed by atoms with Gasteiger partial charge in [0.25, 0.3) is 0 Å². The van der Waals surface area contributed by atoms with Crippen LogP contribution < -0.4 is 0 Å². The first-order chi connectivity index (χ1) is 8.08. The summed E-state index contributed by atoms with van der Waals surface area (Å²) in [5, 5.41) is 28.0. The van der Waals surface area contributed by atoms with Gasteiger partial charge in [0.2, 0.25) is 0 Å². The van der Waals surface area contributed by atoms with Crippen molar-refractivity contribution in [2.75, 3.05) is 0 Å². The number of aliphatic hydroxyl groups is 1. The molecule has 0 fully saturated rings. The van der Waals surface area contributed by atoms with Crippen LogP contribution in [0.5, 0.6) is 11.5 Å². The molecule has 0 aromatic heterocycles. The number of phenolic OH excluding ortho intramolecular Hbond substituents is 2. The number of aliphatic hydroxyl groups excluding tert-OH is 1. The summed E-state index contributed by atoms with van der Waals surface area (Å²) in [6.07, 6.45) is 0. The van der Waals surface area contributed by atoms with E-state index >= 15 is 0 Å². The molecule has 0 saturated heterocycles. The van der Waals surface area contributed by atoms with Crippen molar-refractivity contribution in [3.05, 3.63) is 48.0 Å². The van der Waals surface area contributed by atoms with Gasteiger partial charge in [0.1, 0.15) is 11.5 Å². The third-order valence-corrected chi connectivity index (χ3v) is 2.66. The molecule has 0 saturated carbocycles.